The van der Waals surface area contributed by atoms with E-state index >= 15 is 0 Å². The Morgan fingerprint density at radius 2 is 2.00 bits per heavy atom. The Morgan fingerprint density at radius 1 is 1.28 bits per heavy atom. The minimum absolute atomic E-state index is 0.417. The average molecular weight is 265 g/mol. The molecule has 0 saturated heterocycles. The third kappa shape index (κ3) is 2.67. The van der Waals surface area contributed by atoms with Crippen LogP contribution in [0.4, 0.5) is 0 Å². The van der Waals surface area contributed by atoms with E-state index < -0.39 is 0 Å². The molecule has 1 saturated carbocycles. The van der Waals surface area contributed by atoms with Gasteiger partial charge in [-0.2, -0.15) is 0 Å². The van der Waals surface area contributed by atoms with E-state index in [0.29, 0.717) is 4.75 Å². The van der Waals surface area contributed by atoms with Crippen molar-refractivity contribution in [3.8, 4) is 5.75 Å². The molecule has 1 aromatic carbocycles. The zero-order valence-corrected chi connectivity index (χ0v) is 12.6. The van der Waals surface area contributed by atoms with Crippen LogP contribution in [0.25, 0.3) is 0 Å². The second-order valence-corrected chi connectivity index (χ2v) is 6.77. The van der Waals surface area contributed by atoms with E-state index in [9.17, 15) is 0 Å². The van der Waals surface area contributed by atoms with Gasteiger partial charge in [0.2, 0.25) is 0 Å². The first-order valence-corrected chi connectivity index (χ1v) is 7.41. The molecule has 1 aromatic rings. The Morgan fingerprint density at radius 3 is 2.50 bits per heavy atom. The van der Waals surface area contributed by atoms with Crippen LogP contribution in [0.15, 0.2) is 17.0 Å². The SMILES string of the molecule is CNCC1(Sc2cc(C)c(OC)cc2C)CCC1. The molecule has 18 heavy (non-hydrogen) atoms. The van der Waals surface area contributed by atoms with E-state index in [1.807, 2.05) is 18.8 Å². The zero-order chi connectivity index (χ0) is 13.2. The van der Waals surface area contributed by atoms with E-state index in [-0.39, 0.29) is 0 Å². The molecule has 0 atom stereocenters. The van der Waals surface area contributed by atoms with Crippen molar-refractivity contribution in [3.05, 3.63) is 23.3 Å². The first-order chi connectivity index (χ1) is 8.60. The molecule has 2 rings (SSSR count). The quantitative estimate of drug-likeness (QED) is 0.880. The van der Waals surface area contributed by atoms with Crippen molar-refractivity contribution in [3.63, 3.8) is 0 Å². The molecule has 1 N–H and O–H groups in total. The predicted octanol–water partition coefficient (Wildman–Crippen LogP) is 3.55. The molecule has 0 heterocycles. The number of thioether (sulfide) groups is 1. The minimum atomic E-state index is 0.417. The first kappa shape index (κ1) is 13.8. The number of hydrogen-bond acceptors (Lipinski definition) is 3. The Kier molecular flexibility index (Phi) is 4.23. The molecule has 0 aliphatic heterocycles. The van der Waals surface area contributed by atoms with Gasteiger partial charge in [-0.15, -0.1) is 11.8 Å². The highest BCUT2D eigenvalue weighted by Gasteiger charge is 2.37. The standard InChI is InChI=1S/C15H23NOS/c1-11-9-14(12(2)8-13(11)17-4)18-15(10-16-3)6-5-7-15/h8-9,16H,5-7,10H2,1-4H3. The Hall–Kier alpha value is -0.670. The molecule has 0 spiro atoms. The Balaban J connectivity index is 2.21. The highest BCUT2D eigenvalue weighted by Crippen LogP contribution is 2.48. The van der Waals surface area contributed by atoms with Gasteiger partial charge >= 0.3 is 0 Å². The minimum Gasteiger partial charge on any atom is -0.496 e. The fraction of sp³-hybridized carbons (Fsp3) is 0.600. The topological polar surface area (TPSA) is 21.3 Å². The van der Waals surface area contributed by atoms with Crippen molar-refractivity contribution in [1.29, 1.82) is 0 Å². The van der Waals surface area contributed by atoms with Crippen molar-refractivity contribution in [1.82, 2.24) is 5.32 Å². The molecule has 1 aliphatic carbocycles. The van der Waals surface area contributed by atoms with Gasteiger partial charge < -0.3 is 10.1 Å². The number of aryl methyl sites for hydroxylation is 2. The lowest BCUT2D eigenvalue weighted by Gasteiger charge is -2.41. The molecular weight excluding hydrogens is 242 g/mol. The Labute approximate surface area is 114 Å². The molecule has 3 heteroatoms. The van der Waals surface area contributed by atoms with Gasteiger partial charge in [0.05, 0.1) is 7.11 Å². The van der Waals surface area contributed by atoms with Crippen LogP contribution in [-0.4, -0.2) is 25.4 Å². The number of methoxy groups -OCH3 is 1. The van der Waals surface area contributed by atoms with Gasteiger partial charge in [0.25, 0.3) is 0 Å². The van der Waals surface area contributed by atoms with Gasteiger partial charge in [-0.05, 0) is 57.0 Å². The molecule has 1 fully saturated rings. The summed E-state index contributed by atoms with van der Waals surface area (Å²) in [5, 5.41) is 3.34. The first-order valence-electron chi connectivity index (χ1n) is 6.59. The summed E-state index contributed by atoms with van der Waals surface area (Å²) < 4.78 is 5.79. The third-order valence-electron chi connectivity index (χ3n) is 3.78. The van der Waals surface area contributed by atoms with Gasteiger partial charge in [-0.3, -0.25) is 0 Å². The van der Waals surface area contributed by atoms with Gasteiger partial charge in [0.15, 0.2) is 0 Å². The summed E-state index contributed by atoms with van der Waals surface area (Å²) in [6.45, 7) is 5.39. The van der Waals surface area contributed by atoms with E-state index in [1.54, 1.807) is 7.11 Å². The zero-order valence-electron chi connectivity index (χ0n) is 11.8. The monoisotopic (exact) mass is 265 g/mol. The summed E-state index contributed by atoms with van der Waals surface area (Å²) in [7, 11) is 3.79. The van der Waals surface area contributed by atoms with E-state index in [1.165, 1.54) is 35.3 Å². The molecule has 0 radical (unpaired) electrons. The number of rotatable bonds is 5. The summed E-state index contributed by atoms with van der Waals surface area (Å²) in [5.74, 6) is 0.994. The van der Waals surface area contributed by atoms with Crippen molar-refractivity contribution < 1.29 is 4.74 Å². The second-order valence-electron chi connectivity index (χ2n) is 5.26. The van der Waals surface area contributed by atoms with Crippen molar-refractivity contribution in [2.75, 3.05) is 20.7 Å². The number of hydrogen-bond donors (Lipinski definition) is 1. The fourth-order valence-corrected chi connectivity index (χ4v) is 4.17. The van der Waals surface area contributed by atoms with Crippen molar-refractivity contribution >= 4 is 11.8 Å². The van der Waals surface area contributed by atoms with Gasteiger partial charge in [0.1, 0.15) is 5.75 Å². The summed E-state index contributed by atoms with van der Waals surface area (Å²) >= 11 is 2.04. The molecule has 0 unspecified atom stereocenters. The molecule has 0 amide bonds. The maximum atomic E-state index is 5.38. The summed E-state index contributed by atoms with van der Waals surface area (Å²) in [5.41, 5.74) is 2.55. The highest BCUT2D eigenvalue weighted by atomic mass is 32.2. The molecule has 100 valence electrons. The van der Waals surface area contributed by atoms with Crippen LogP contribution in [-0.2, 0) is 0 Å². The largest absolute Gasteiger partial charge is 0.496 e. The number of ether oxygens (including phenoxy) is 1. The molecule has 0 aromatic heterocycles. The summed E-state index contributed by atoms with van der Waals surface area (Å²) in [4.78, 5) is 1.41. The van der Waals surface area contributed by atoms with E-state index in [4.69, 9.17) is 4.74 Å². The maximum absolute atomic E-state index is 5.38. The van der Waals surface area contributed by atoms with Gasteiger partial charge in [-0.25, -0.2) is 0 Å². The number of nitrogens with one attached hydrogen (secondary N) is 1. The van der Waals surface area contributed by atoms with Crippen LogP contribution >= 0.6 is 11.8 Å². The van der Waals surface area contributed by atoms with Gasteiger partial charge in [0, 0.05) is 16.2 Å². The molecule has 0 bridgehead atoms. The van der Waals surface area contributed by atoms with Crippen LogP contribution in [0.1, 0.15) is 30.4 Å². The second kappa shape index (κ2) is 5.54. The van der Waals surface area contributed by atoms with Crippen LogP contribution in [0.5, 0.6) is 5.75 Å². The molecule has 2 nitrogen and oxygen atoms in total. The highest BCUT2D eigenvalue weighted by molar-refractivity contribution is 8.00. The Bertz CT molecular complexity index is 427. The summed E-state index contributed by atoms with van der Waals surface area (Å²) in [6, 6.07) is 4.43. The third-order valence-corrected chi connectivity index (χ3v) is 5.43. The summed E-state index contributed by atoms with van der Waals surface area (Å²) in [6.07, 6.45) is 4.01. The lowest BCUT2D eigenvalue weighted by Crippen LogP contribution is -2.42. The normalized spacial score (nSPS) is 17.3. The van der Waals surface area contributed by atoms with Gasteiger partial charge in [-0.1, -0.05) is 6.42 Å². The fourth-order valence-electron chi connectivity index (χ4n) is 2.53. The van der Waals surface area contributed by atoms with E-state index in [0.717, 1.165) is 12.3 Å². The van der Waals surface area contributed by atoms with Crippen LogP contribution < -0.4 is 10.1 Å². The number of benzene rings is 1. The average Bonchev–Trinajstić information content (AvgIpc) is 2.30. The van der Waals surface area contributed by atoms with Crippen molar-refractivity contribution in [2.24, 2.45) is 0 Å². The van der Waals surface area contributed by atoms with Crippen molar-refractivity contribution in [2.45, 2.75) is 42.8 Å². The van der Waals surface area contributed by atoms with Crippen LogP contribution in [0.3, 0.4) is 0 Å². The molecule has 1 aliphatic rings. The van der Waals surface area contributed by atoms with Crippen LogP contribution in [0.2, 0.25) is 0 Å². The molecular formula is C15H23NOS. The predicted molar refractivity (Wildman–Crippen MR) is 78.8 cm³/mol. The lowest BCUT2D eigenvalue weighted by atomic mass is 9.84. The van der Waals surface area contributed by atoms with Crippen LogP contribution in [0, 0.1) is 13.8 Å². The lowest BCUT2D eigenvalue weighted by molar-refractivity contribution is 0.353. The smallest absolute Gasteiger partial charge is 0.122 e. The van der Waals surface area contributed by atoms with E-state index in [2.05, 4.69) is 31.3 Å². The maximum Gasteiger partial charge on any atom is 0.122 e.